The minimum absolute atomic E-state index is 0.0393. The fourth-order valence-corrected chi connectivity index (χ4v) is 11.1. The van der Waals surface area contributed by atoms with E-state index in [1.807, 2.05) is 27.7 Å². The van der Waals surface area contributed by atoms with Gasteiger partial charge in [0.2, 0.25) is 0 Å². The van der Waals surface area contributed by atoms with Crippen LogP contribution in [0.3, 0.4) is 0 Å². The third-order valence-corrected chi connectivity index (χ3v) is 13.5. The summed E-state index contributed by atoms with van der Waals surface area (Å²) in [6.07, 6.45) is 3.12. The summed E-state index contributed by atoms with van der Waals surface area (Å²) >= 11 is 0. The Labute approximate surface area is 267 Å². The highest BCUT2D eigenvalue weighted by Crippen LogP contribution is 2.81. The zero-order valence-electron chi connectivity index (χ0n) is 28.3. The van der Waals surface area contributed by atoms with E-state index < -0.39 is 47.2 Å². The van der Waals surface area contributed by atoms with Gasteiger partial charge in [-0.25, -0.2) is 0 Å². The number of esters is 2. The second-order valence-corrected chi connectivity index (χ2v) is 15.6. The van der Waals surface area contributed by atoms with Crippen LogP contribution in [0.1, 0.15) is 106 Å². The molecule has 6 aliphatic rings. The lowest BCUT2D eigenvalue weighted by atomic mass is 9.43. The fourth-order valence-electron chi connectivity index (χ4n) is 11.1. The van der Waals surface area contributed by atoms with Crippen molar-refractivity contribution in [1.82, 2.24) is 0 Å². The summed E-state index contributed by atoms with van der Waals surface area (Å²) in [5.41, 5.74) is -2.25. The first-order valence-electron chi connectivity index (χ1n) is 17.3. The van der Waals surface area contributed by atoms with Crippen molar-refractivity contribution >= 4 is 17.7 Å². The summed E-state index contributed by atoms with van der Waals surface area (Å²) in [6.45, 7) is 13.1. The van der Waals surface area contributed by atoms with E-state index in [4.69, 9.17) is 28.4 Å². The van der Waals surface area contributed by atoms with E-state index in [-0.39, 0.29) is 59.2 Å². The first-order chi connectivity index (χ1) is 21.2. The Bertz CT molecular complexity index is 1180. The van der Waals surface area contributed by atoms with Gasteiger partial charge < -0.3 is 33.5 Å². The molecule has 6 fully saturated rings. The van der Waals surface area contributed by atoms with Gasteiger partial charge in [0.1, 0.15) is 35.3 Å². The lowest BCUT2D eigenvalue weighted by Crippen LogP contribution is -2.70. The average Bonchev–Trinajstić information content (AvgIpc) is 3.52. The topological polar surface area (TPSA) is 130 Å². The first-order valence-corrected chi connectivity index (χ1v) is 17.3. The number of ketones is 1. The number of aliphatic hydroxyl groups is 1. The molecule has 0 aromatic heterocycles. The monoisotopic (exact) mass is 634 g/mol. The highest BCUT2D eigenvalue weighted by Gasteiger charge is 2.91. The third kappa shape index (κ3) is 4.78. The lowest BCUT2D eigenvalue weighted by Gasteiger charge is -2.61. The van der Waals surface area contributed by atoms with Gasteiger partial charge in [-0.3, -0.25) is 14.4 Å². The lowest BCUT2D eigenvalue weighted by molar-refractivity contribution is -0.274. The van der Waals surface area contributed by atoms with E-state index in [1.165, 1.54) is 6.92 Å². The summed E-state index contributed by atoms with van der Waals surface area (Å²) in [5.74, 6) is -1.30. The van der Waals surface area contributed by atoms with Crippen molar-refractivity contribution in [3.8, 4) is 0 Å². The van der Waals surface area contributed by atoms with Gasteiger partial charge in [-0.2, -0.15) is 0 Å². The van der Waals surface area contributed by atoms with Gasteiger partial charge in [0.25, 0.3) is 0 Å². The van der Waals surface area contributed by atoms with Crippen molar-refractivity contribution in [1.29, 1.82) is 0 Å². The molecule has 0 aromatic carbocycles. The SMILES string of the molecule is CCC(C)C(=O)O[C@@H]1[C@@H](OC(C)=O)[C@]2(C)[C@@H](C(C)=O)CC[C@@]23O[C@]32CC[C@H]3C[C@@H](O[C@H]4C[C@@H](O)[C@H](OC)[C@@H](C)O4)CC[C@]3(C)[C@@H]12. The van der Waals surface area contributed by atoms with E-state index in [1.54, 1.807) is 14.0 Å². The zero-order valence-corrected chi connectivity index (χ0v) is 28.3. The first kappa shape index (κ1) is 33.3. The molecule has 1 N–H and O–H groups in total. The molecule has 2 saturated heterocycles. The number of aliphatic hydroxyl groups excluding tert-OH is 1. The normalized spacial score (nSPS) is 50.7. The molecule has 2 heterocycles. The highest BCUT2D eigenvalue weighted by atomic mass is 16.7. The van der Waals surface area contributed by atoms with E-state index in [9.17, 15) is 19.5 Å². The highest BCUT2D eigenvalue weighted by molar-refractivity contribution is 5.81. The number of carbonyl (C=O) groups excluding carboxylic acids is 3. The molecule has 10 heteroatoms. The predicted molar refractivity (Wildman–Crippen MR) is 162 cm³/mol. The minimum atomic E-state index is -0.805. The van der Waals surface area contributed by atoms with Gasteiger partial charge in [-0.1, -0.05) is 27.7 Å². The van der Waals surface area contributed by atoms with Crippen molar-refractivity contribution in [3.63, 3.8) is 0 Å². The molecule has 6 rings (SSSR count). The van der Waals surface area contributed by atoms with Gasteiger partial charge in [0.15, 0.2) is 6.29 Å². The van der Waals surface area contributed by atoms with Crippen molar-refractivity contribution in [3.05, 3.63) is 0 Å². The average molecular weight is 635 g/mol. The van der Waals surface area contributed by atoms with Crippen LogP contribution in [0.2, 0.25) is 0 Å². The second-order valence-electron chi connectivity index (χ2n) is 15.6. The number of Topliss-reactive ketones (excluding diaryl/α,β-unsaturated/α-hetero) is 1. The summed E-state index contributed by atoms with van der Waals surface area (Å²) in [5, 5.41) is 10.6. The summed E-state index contributed by atoms with van der Waals surface area (Å²) in [6, 6.07) is 0. The van der Waals surface area contributed by atoms with E-state index in [2.05, 4.69) is 6.92 Å². The van der Waals surface area contributed by atoms with Crippen LogP contribution in [0.25, 0.3) is 0 Å². The molecular formula is C35H54O10. The van der Waals surface area contributed by atoms with Crippen LogP contribution in [0.4, 0.5) is 0 Å². The van der Waals surface area contributed by atoms with E-state index in [0.29, 0.717) is 19.3 Å². The third-order valence-electron chi connectivity index (χ3n) is 13.5. The summed E-state index contributed by atoms with van der Waals surface area (Å²) in [7, 11) is 1.58. The molecule has 254 valence electrons. The van der Waals surface area contributed by atoms with Crippen LogP contribution in [-0.2, 0) is 42.8 Å². The maximum absolute atomic E-state index is 13.6. The maximum Gasteiger partial charge on any atom is 0.309 e. The van der Waals surface area contributed by atoms with Crippen LogP contribution in [-0.4, -0.2) is 84.1 Å². The van der Waals surface area contributed by atoms with E-state index >= 15 is 0 Å². The number of epoxide rings is 1. The van der Waals surface area contributed by atoms with Gasteiger partial charge >= 0.3 is 11.9 Å². The van der Waals surface area contributed by atoms with Gasteiger partial charge in [0.05, 0.1) is 24.2 Å². The number of hydrogen-bond donors (Lipinski definition) is 1. The quantitative estimate of drug-likeness (QED) is 0.231. The molecule has 2 aliphatic heterocycles. The molecule has 10 nitrogen and oxygen atoms in total. The Hall–Kier alpha value is -1.59. The van der Waals surface area contributed by atoms with Crippen molar-refractivity contribution in [2.75, 3.05) is 7.11 Å². The number of methoxy groups -OCH3 is 1. The standard InChI is InChI=1S/C35H54O10/c1-9-18(2)31(39)44-28-29-32(6)13-11-23(43-26-17-25(38)27(40-8)20(4)41-26)16-22(32)10-14-34(29)35(45-34)15-12-24(19(3)36)33(35,7)30(28)42-21(5)37/h18,20,22-30,38H,9-17H2,1-8H3/t18?,20-,22+,23+,24-,25-,26+,27-,28+,29-,30-,32+,33+,34+,35-/m1/s1. The van der Waals surface area contributed by atoms with Crippen LogP contribution >= 0.6 is 0 Å². The van der Waals surface area contributed by atoms with Crippen molar-refractivity contribution in [2.24, 2.45) is 34.5 Å². The molecule has 0 aromatic rings. The number of fused-ring (bicyclic) bond motifs is 2. The molecule has 2 spiro atoms. The molecule has 0 radical (unpaired) electrons. The number of ether oxygens (including phenoxy) is 6. The number of carbonyl (C=O) groups is 3. The largest absolute Gasteiger partial charge is 0.458 e. The molecule has 45 heavy (non-hydrogen) atoms. The molecular weight excluding hydrogens is 580 g/mol. The Balaban J connectivity index is 1.33. The Kier molecular flexibility index (Phi) is 8.54. The molecule has 1 unspecified atom stereocenters. The number of rotatable bonds is 8. The Morgan fingerprint density at radius 2 is 1.73 bits per heavy atom. The van der Waals surface area contributed by atoms with Crippen LogP contribution in [0.15, 0.2) is 0 Å². The van der Waals surface area contributed by atoms with Crippen LogP contribution < -0.4 is 0 Å². The minimum Gasteiger partial charge on any atom is -0.458 e. The smallest absolute Gasteiger partial charge is 0.309 e. The Morgan fingerprint density at radius 1 is 1.00 bits per heavy atom. The number of hydrogen-bond acceptors (Lipinski definition) is 10. The zero-order chi connectivity index (χ0) is 32.7. The van der Waals surface area contributed by atoms with Crippen LogP contribution in [0, 0.1) is 34.5 Å². The predicted octanol–water partition coefficient (Wildman–Crippen LogP) is 4.52. The second kappa shape index (κ2) is 11.5. The molecule has 4 aliphatic carbocycles. The van der Waals surface area contributed by atoms with Gasteiger partial charge in [-0.15, -0.1) is 0 Å². The Morgan fingerprint density at radius 3 is 2.36 bits per heavy atom. The van der Waals surface area contributed by atoms with Gasteiger partial charge in [-0.05, 0) is 76.5 Å². The molecule has 15 atom stereocenters. The van der Waals surface area contributed by atoms with Crippen LogP contribution in [0.5, 0.6) is 0 Å². The maximum atomic E-state index is 13.6. The van der Waals surface area contributed by atoms with Crippen molar-refractivity contribution in [2.45, 2.75) is 160 Å². The van der Waals surface area contributed by atoms with E-state index in [0.717, 1.165) is 38.5 Å². The summed E-state index contributed by atoms with van der Waals surface area (Å²) < 4.78 is 37.8. The summed E-state index contributed by atoms with van der Waals surface area (Å²) in [4.78, 5) is 39.5. The molecule has 0 bridgehead atoms. The molecule has 0 amide bonds. The van der Waals surface area contributed by atoms with Gasteiger partial charge in [0, 0.05) is 37.7 Å². The molecule has 4 saturated carbocycles. The van der Waals surface area contributed by atoms with Crippen molar-refractivity contribution < 1.29 is 47.9 Å². The fraction of sp³-hybridized carbons (Fsp3) is 0.914.